The fraction of sp³-hybridized carbons (Fsp3) is 0.316. The summed E-state index contributed by atoms with van der Waals surface area (Å²) in [5.74, 6) is 1.59. The van der Waals surface area contributed by atoms with Crippen molar-refractivity contribution in [3.05, 3.63) is 42.6 Å². The van der Waals surface area contributed by atoms with E-state index in [-0.39, 0.29) is 18.0 Å². The second kappa shape index (κ2) is 6.29. The number of ether oxygens (including phenoxy) is 1. The highest BCUT2D eigenvalue weighted by Crippen LogP contribution is 2.29. The van der Waals surface area contributed by atoms with Crippen LogP contribution >= 0.6 is 0 Å². The number of benzene rings is 1. The molecule has 1 saturated heterocycles. The largest absolute Gasteiger partial charge is 0.508 e. The molecule has 2 aromatic heterocycles. The molecule has 0 saturated carbocycles. The summed E-state index contributed by atoms with van der Waals surface area (Å²) in [6.45, 7) is 5.64. The lowest BCUT2D eigenvalue weighted by atomic mass is 10.2. The normalized spacial score (nSPS) is 20.8. The van der Waals surface area contributed by atoms with Crippen molar-refractivity contribution < 1.29 is 9.84 Å². The molecule has 6 nitrogen and oxygen atoms in total. The van der Waals surface area contributed by atoms with E-state index in [1.165, 1.54) is 0 Å². The van der Waals surface area contributed by atoms with Gasteiger partial charge in [0.25, 0.3) is 0 Å². The zero-order chi connectivity index (χ0) is 17.4. The molecule has 0 aliphatic carbocycles. The molecule has 128 valence electrons. The topological polar surface area (TPSA) is 71.4 Å². The van der Waals surface area contributed by atoms with Crippen molar-refractivity contribution in [1.82, 2.24) is 15.0 Å². The van der Waals surface area contributed by atoms with Gasteiger partial charge in [-0.3, -0.25) is 4.98 Å². The van der Waals surface area contributed by atoms with Crippen molar-refractivity contribution in [2.45, 2.75) is 26.1 Å². The minimum atomic E-state index is 0.127. The highest BCUT2D eigenvalue weighted by molar-refractivity contribution is 5.87. The zero-order valence-corrected chi connectivity index (χ0v) is 14.3. The number of pyridine rings is 1. The van der Waals surface area contributed by atoms with Gasteiger partial charge >= 0.3 is 0 Å². The molecule has 3 aromatic rings. The van der Waals surface area contributed by atoms with Crippen LogP contribution in [0.2, 0.25) is 0 Å². The molecule has 0 amide bonds. The lowest BCUT2D eigenvalue weighted by Crippen LogP contribution is -2.46. The smallest absolute Gasteiger partial charge is 0.162 e. The molecule has 25 heavy (non-hydrogen) atoms. The van der Waals surface area contributed by atoms with E-state index in [0.29, 0.717) is 5.82 Å². The Morgan fingerprint density at radius 2 is 1.88 bits per heavy atom. The Labute approximate surface area is 146 Å². The first-order valence-corrected chi connectivity index (χ1v) is 8.43. The number of fused-ring (bicyclic) bond motifs is 1. The number of phenols is 1. The zero-order valence-electron chi connectivity index (χ0n) is 14.3. The van der Waals surface area contributed by atoms with Gasteiger partial charge in [-0.05, 0) is 38.1 Å². The summed E-state index contributed by atoms with van der Waals surface area (Å²) >= 11 is 0. The molecule has 1 fully saturated rings. The fourth-order valence-electron chi connectivity index (χ4n) is 3.30. The van der Waals surface area contributed by atoms with Crippen molar-refractivity contribution in [3.63, 3.8) is 0 Å². The van der Waals surface area contributed by atoms with Crippen LogP contribution in [-0.2, 0) is 4.74 Å². The van der Waals surface area contributed by atoms with Crippen molar-refractivity contribution in [3.8, 4) is 17.1 Å². The van der Waals surface area contributed by atoms with Gasteiger partial charge in [-0.1, -0.05) is 12.1 Å². The number of hydrogen-bond acceptors (Lipinski definition) is 6. The van der Waals surface area contributed by atoms with E-state index in [4.69, 9.17) is 9.72 Å². The number of phenolic OH excluding ortho intramolecular Hbond substituents is 1. The predicted octanol–water partition coefficient (Wildman–Crippen LogP) is 3.01. The van der Waals surface area contributed by atoms with Crippen molar-refractivity contribution in [2.75, 3.05) is 18.0 Å². The van der Waals surface area contributed by atoms with Crippen LogP contribution in [-0.4, -0.2) is 45.4 Å². The summed E-state index contributed by atoms with van der Waals surface area (Å²) in [5, 5.41) is 9.78. The van der Waals surface area contributed by atoms with Crippen LogP contribution in [0.3, 0.4) is 0 Å². The maximum absolute atomic E-state index is 9.78. The Kier molecular flexibility index (Phi) is 3.97. The summed E-state index contributed by atoms with van der Waals surface area (Å²) in [6.07, 6.45) is 2.01. The molecule has 1 aliphatic rings. The second-order valence-corrected chi connectivity index (χ2v) is 6.45. The number of aromatic hydroxyl groups is 1. The lowest BCUT2D eigenvalue weighted by molar-refractivity contribution is -0.00537. The van der Waals surface area contributed by atoms with Crippen LogP contribution < -0.4 is 4.90 Å². The molecule has 4 rings (SSSR count). The molecule has 0 bridgehead atoms. The third-order valence-corrected chi connectivity index (χ3v) is 4.26. The van der Waals surface area contributed by atoms with Crippen molar-refractivity contribution >= 4 is 16.9 Å². The first-order chi connectivity index (χ1) is 12.1. The van der Waals surface area contributed by atoms with Crippen LogP contribution in [0.1, 0.15) is 13.8 Å². The molecule has 0 spiro atoms. The fourth-order valence-corrected chi connectivity index (χ4v) is 3.30. The van der Waals surface area contributed by atoms with Crippen LogP contribution in [0.15, 0.2) is 42.6 Å². The van der Waals surface area contributed by atoms with Gasteiger partial charge in [0.1, 0.15) is 11.3 Å². The quantitative estimate of drug-likeness (QED) is 0.776. The van der Waals surface area contributed by atoms with Crippen LogP contribution in [0.5, 0.6) is 5.75 Å². The van der Waals surface area contributed by atoms with Gasteiger partial charge in [-0.15, -0.1) is 0 Å². The van der Waals surface area contributed by atoms with E-state index in [1.54, 1.807) is 24.4 Å². The third-order valence-electron chi connectivity index (χ3n) is 4.26. The number of aromatic nitrogens is 3. The summed E-state index contributed by atoms with van der Waals surface area (Å²) < 4.78 is 5.84. The molecule has 3 heterocycles. The van der Waals surface area contributed by atoms with E-state index in [2.05, 4.69) is 28.7 Å². The average Bonchev–Trinajstić information content (AvgIpc) is 2.60. The monoisotopic (exact) mass is 336 g/mol. The summed E-state index contributed by atoms with van der Waals surface area (Å²) in [7, 11) is 0. The molecule has 2 atom stereocenters. The summed E-state index contributed by atoms with van der Waals surface area (Å²) in [5.41, 5.74) is 2.35. The van der Waals surface area contributed by atoms with E-state index in [1.807, 2.05) is 18.2 Å². The molecular formula is C19H20N4O2. The Hall–Kier alpha value is -2.73. The maximum atomic E-state index is 9.78. The van der Waals surface area contributed by atoms with E-state index < -0.39 is 0 Å². The van der Waals surface area contributed by atoms with Crippen molar-refractivity contribution in [1.29, 1.82) is 0 Å². The van der Waals surface area contributed by atoms with Gasteiger partial charge in [0.2, 0.25) is 0 Å². The highest BCUT2D eigenvalue weighted by atomic mass is 16.5. The van der Waals surface area contributed by atoms with Gasteiger partial charge in [0, 0.05) is 24.8 Å². The molecular weight excluding hydrogens is 316 g/mol. The standard InChI is InChI=1S/C19H20N4O2/c1-12-10-23(11-13(2)25-12)19-17-16(7-4-8-20-17)21-18(22-19)14-5-3-6-15(24)9-14/h3-9,12-13,24H,10-11H2,1-2H3/t12-,13+. The molecule has 1 aliphatic heterocycles. The number of morpholine rings is 1. The molecule has 1 N–H and O–H groups in total. The number of rotatable bonds is 2. The predicted molar refractivity (Wildman–Crippen MR) is 96.7 cm³/mol. The minimum absolute atomic E-state index is 0.127. The maximum Gasteiger partial charge on any atom is 0.162 e. The van der Waals surface area contributed by atoms with Crippen LogP contribution in [0.25, 0.3) is 22.4 Å². The Balaban J connectivity index is 1.87. The summed E-state index contributed by atoms with van der Waals surface area (Å²) in [4.78, 5) is 16.1. The Morgan fingerprint density at radius 1 is 1.08 bits per heavy atom. The van der Waals surface area contributed by atoms with Gasteiger partial charge < -0.3 is 14.7 Å². The minimum Gasteiger partial charge on any atom is -0.508 e. The first-order valence-electron chi connectivity index (χ1n) is 8.43. The second-order valence-electron chi connectivity index (χ2n) is 6.45. The van der Waals surface area contributed by atoms with Crippen LogP contribution in [0.4, 0.5) is 5.82 Å². The summed E-state index contributed by atoms with van der Waals surface area (Å²) in [6, 6.07) is 10.8. The van der Waals surface area contributed by atoms with Gasteiger partial charge in [-0.25, -0.2) is 9.97 Å². The van der Waals surface area contributed by atoms with Gasteiger partial charge in [-0.2, -0.15) is 0 Å². The Morgan fingerprint density at radius 3 is 2.64 bits per heavy atom. The van der Waals surface area contributed by atoms with Crippen LogP contribution in [0, 0.1) is 0 Å². The van der Waals surface area contributed by atoms with Gasteiger partial charge in [0.15, 0.2) is 11.6 Å². The molecule has 0 unspecified atom stereocenters. The average molecular weight is 336 g/mol. The molecule has 0 radical (unpaired) electrons. The van der Waals surface area contributed by atoms with Crippen molar-refractivity contribution in [2.24, 2.45) is 0 Å². The Bertz CT molecular complexity index is 905. The lowest BCUT2D eigenvalue weighted by Gasteiger charge is -2.36. The van der Waals surface area contributed by atoms with Gasteiger partial charge in [0.05, 0.1) is 17.7 Å². The number of hydrogen-bond donors (Lipinski definition) is 1. The van der Waals surface area contributed by atoms with E-state index in [9.17, 15) is 5.11 Å². The first kappa shape index (κ1) is 15.8. The molecule has 1 aromatic carbocycles. The number of nitrogens with zero attached hydrogens (tertiary/aromatic N) is 4. The molecule has 6 heteroatoms. The highest BCUT2D eigenvalue weighted by Gasteiger charge is 2.25. The third kappa shape index (κ3) is 3.13. The number of anilines is 1. The SMILES string of the molecule is C[C@@H]1CN(c2nc(-c3cccc(O)c3)nc3cccnc23)C[C@H](C)O1. The van der Waals surface area contributed by atoms with E-state index in [0.717, 1.165) is 35.5 Å². The van der Waals surface area contributed by atoms with E-state index >= 15 is 0 Å².